The second kappa shape index (κ2) is 8.45. The Morgan fingerprint density at radius 2 is 1.42 bits per heavy atom. The lowest BCUT2D eigenvalue weighted by atomic mass is 9.78. The minimum absolute atomic E-state index is 0.439. The molecule has 1 atom stereocenters. The lowest BCUT2D eigenvalue weighted by Gasteiger charge is -2.38. The third-order valence-electron chi connectivity index (χ3n) is 5.57. The Morgan fingerprint density at radius 1 is 0.970 bits per heavy atom. The van der Waals surface area contributed by atoms with Gasteiger partial charge in [-0.1, -0.05) is 54.6 Å². The van der Waals surface area contributed by atoms with Crippen LogP contribution in [0.15, 0.2) is 61.2 Å². The number of benzene rings is 2. The zero-order valence-corrected chi connectivity index (χ0v) is 16.7. The second-order valence-corrected chi connectivity index (χ2v) is 7.31. The molecule has 0 spiro atoms. The summed E-state index contributed by atoms with van der Waals surface area (Å²) < 4.78 is 85.6. The van der Waals surface area contributed by atoms with Gasteiger partial charge in [0, 0.05) is 5.92 Å². The fraction of sp³-hybridized carbons (Fsp3) is 0.273. The van der Waals surface area contributed by atoms with Crippen LogP contribution in [0, 0.1) is 5.41 Å². The molecule has 11 heteroatoms. The van der Waals surface area contributed by atoms with E-state index in [1.165, 1.54) is 5.32 Å². The number of amides is 1. The van der Waals surface area contributed by atoms with E-state index in [4.69, 9.17) is 9.84 Å². The number of aliphatic carboxylic acids is 1. The fourth-order valence-corrected chi connectivity index (χ4v) is 3.97. The van der Waals surface area contributed by atoms with Crippen LogP contribution in [0.5, 0.6) is 0 Å². The van der Waals surface area contributed by atoms with E-state index in [0.29, 0.717) is 0 Å². The third-order valence-corrected chi connectivity index (χ3v) is 5.57. The Balaban J connectivity index is 1.85. The normalized spacial score (nSPS) is 14.7. The molecule has 0 fully saturated rings. The van der Waals surface area contributed by atoms with Crippen LogP contribution in [-0.2, 0) is 9.53 Å². The van der Waals surface area contributed by atoms with Gasteiger partial charge in [-0.25, -0.2) is 9.59 Å². The molecule has 0 unspecified atom stereocenters. The van der Waals surface area contributed by atoms with Gasteiger partial charge < -0.3 is 15.2 Å². The lowest BCUT2D eigenvalue weighted by Crippen LogP contribution is -2.64. The number of carboxylic acids is 1. The molecular weight excluding hydrogens is 456 g/mol. The second-order valence-electron chi connectivity index (χ2n) is 7.31. The molecule has 0 saturated carbocycles. The van der Waals surface area contributed by atoms with E-state index in [0.717, 1.165) is 22.3 Å². The van der Waals surface area contributed by atoms with E-state index in [-0.39, 0.29) is 0 Å². The summed E-state index contributed by atoms with van der Waals surface area (Å²) in [6, 6.07) is 10.7. The number of hydrogen-bond acceptors (Lipinski definition) is 3. The van der Waals surface area contributed by atoms with Crippen molar-refractivity contribution in [2.45, 2.75) is 24.3 Å². The highest BCUT2D eigenvalue weighted by atomic mass is 19.4. The number of fused-ring (bicyclic) bond motifs is 3. The van der Waals surface area contributed by atoms with Crippen LogP contribution in [0.2, 0.25) is 0 Å². The van der Waals surface area contributed by atoms with Gasteiger partial charge in [-0.05, 0) is 22.3 Å². The highest BCUT2D eigenvalue weighted by molar-refractivity contribution is 5.82. The van der Waals surface area contributed by atoms with Crippen LogP contribution in [0.1, 0.15) is 17.0 Å². The standard InChI is InChI=1S/C22H17F6NO4/c1-2-20(21(23,24)25,22(26,27)28)17(18(30)31)29-19(32)33-11-16-14-9-5-3-7-12(14)13-8-4-6-10-15(13)16/h2-10,16-17H,1,11H2,(H,29,32)(H,30,31)/t17-/m1/s1. The van der Waals surface area contributed by atoms with Crippen LogP contribution in [-0.4, -0.2) is 42.2 Å². The molecule has 0 radical (unpaired) electrons. The van der Waals surface area contributed by atoms with Gasteiger partial charge in [0.05, 0.1) is 0 Å². The summed E-state index contributed by atoms with van der Waals surface area (Å²) in [6.07, 6.45) is -14.6. The monoisotopic (exact) mass is 473 g/mol. The fourth-order valence-electron chi connectivity index (χ4n) is 3.97. The molecule has 0 aromatic heterocycles. The van der Waals surface area contributed by atoms with Crippen molar-refractivity contribution in [2.24, 2.45) is 5.41 Å². The van der Waals surface area contributed by atoms with Gasteiger partial charge >= 0.3 is 24.4 Å². The zero-order valence-electron chi connectivity index (χ0n) is 16.7. The van der Waals surface area contributed by atoms with Gasteiger partial charge in [0.1, 0.15) is 6.61 Å². The van der Waals surface area contributed by atoms with Crippen LogP contribution >= 0.6 is 0 Å². The Kier molecular flexibility index (Phi) is 6.18. The zero-order chi connectivity index (χ0) is 24.6. The Morgan fingerprint density at radius 3 is 1.82 bits per heavy atom. The van der Waals surface area contributed by atoms with Crippen molar-refractivity contribution in [3.8, 4) is 11.1 Å². The molecule has 1 aliphatic carbocycles. The molecule has 1 aliphatic rings. The molecule has 0 saturated heterocycles. The Bertz CT molecular complexity index is 1020. The largest absolute Gasteiger partial charge is 0.480 e. The molecule has 0 aliphatic heterocycles. The van der Waals surface area contributed by atoms with Gasteiger partial charge in [0.15, 0.2) is 6.04 Å². The first-order valence-corrected chi connectivity index (χ1v) is 9.46. The Labute approximate surface area is 183 Å². The number of carboxylic acid groups (broad SMARTS) is 1. The molecule has 3 rings (SSSR count). The maximum Gasteiger partial charge on any atom is 0.409 e. The van der Waals surface area contributed by atoms with Crippen molar-refractivity contribution in [1.29, 1.82) is 0 Å². The van der Waals surface area contributed by atoms with E-state index in [1.807, 2.05) is 12.1 Å². The number of hydrogen-bond donors (Lipinski definition) is 2. The lowest BCUT2D eigenvalue weighted by molar-refractivity contribution is -0.327. The summed E-state index contributed by atoms with van der Waals surface area (Å²) in [5.41, 5.74) is -1.77. The molecule has 5 nitrogen and oxygen atoms in total. The molecule has 33 heavy (non-hydrogen) atoms. The van der Waals surface area contributed by atoms with Crippen LogP contribution in [0.4, 0.5) is 31.1 Å². The van der Waals surface area contributed by atoms with E-state index < -0.39 is 54.5 Å². The SMILES string of the molecule is C=CC([C@H](NC(=O)OCC1c2ccccc2-c2ccccc21)C(=O)O)(C(F)(F)F)C(F)(F)F. The number of alkyl halides is 6. The first kappa shape index (κ1) is 24.1. The quantitative estimate of drug-likeness (QED) is 0.443. The maximum absolute atomic E-state index is 13.4. The predicted octanol–water partition coefficient (Wildman–Crippen LogP) is 5.28. The smallest absolute Gasteiger partial charge is 0.409 e. The van der Waals surface area contributed by atoms with Gasteiger partial charge in [-0.3, -0.25) is 0 Å². The molecule has 2 N–H and O–H groups in total. The van der Waals surface area contributed by atoms with Crippen molar-refractivity contribution < 1.29 is 45.8 Å². The summed E-state index contributed by atoms with van der Waals surface area (Å²) in [7, 11) is 0. The highest BCUT2D eigenvalue weighted by Gasteiger charge is 2.75. The van der Waals surface area contributed by atoms with Crippen LogP contribution in [0.3, 0.4) is 0 Å². The first-order valence-electron chi connectivity index (χ1n) is 9.46. The topological polar surface area (TPSA) is 75.6 Å². The maximum atomic E-state index is 13.4. The summed E-state index contributed by atoms with van der Waals surface area (Å²) in [6.45, 7) is 2.10. The number of nitrogens with one attached hydrogen (secondary N) is 1. The number of rotatable bonds is 6. The van der Waals surface area contributed by atoms with Crippen LogP contribution in [0.25, 0.3) is 11.1 Å². The molecule has 0 heterocycles. The van der Waals surface area contributed by atoms with Crippen molar-refractivity contribution in [2.75, 3.05) is 6.61 Å². The minimum atomic E-state index is -6.12. The molecule has 1 amide bonds. The number of carbonyl (C=O) groups excluding carboxylic acids is 1. The minimum Gasteiger partial charge on any atom is -0.480 e. The molecule has 0 bridgehead atoms. The average molecular weight is 473 g/mol. The third kappa shape index (κ3) is 4.03. The number of halogens is 6. The van der Waals surface area contributed by atoms with Gasteiger partial charge in [-0.15, -0.1) is 6.58 Å². The van der Waals surface area contributed by atoms with Gasteiger partial charge in [0.25, 0.3) is 0 Å². The van der Waals surface area contributed by atoms with E-state index >= 15 is 0 Å². The van der Waals surface area contributed by atoms with Crippen molar-refractivity contribution in [3.63, 3.8) is 0 Å². The van der Waals surface area contributed by atoms with Crippen molar-refractivity contribution in [3.05, 3.63) is 72.3 Å². The van der Waals surface area contributed by atoms with E-state index in [1.54, 1.807) is 36.4 Å². The predicted molar refractivity (Wildman–Crippen MR) is 104 cm³/mol. The highest BCUT2D eigenvalue weighted by Crippen LogP contribution is 2.53. The van der Waals surface area contributed by atoms with Crippen LogP contribution < -0.4 is 5.32 Å². The van der Waals surface area contributed by atoms with Crippen molar-refractivity contribution >= 4 is 12.1 Å². The number of carbonyl (C=O) groups is 2. The Hall–Kier alpha value is -3.50. The molecule has 176 valence electrons. The van der Waals surface area contributed by atoms with Gasteiger partial charge in [-0.2, -0.15) is 26.3 Å². The van der Waals surface area contributed by atoms with E-state index in [2.05, 4.69) is 6.58 Å². The molecule has 2 aromatic carbocycles. The molecule has 2 aromatic rings. The summed E-state index contributed by atoms with van der Waals surface area (Å²) >= 11 is 0. The molecular formula is C22H17F6NO4. The number of ether oxygens (including phenoxy) is 1. The van der Waals surface area contributed by atoms with Gasteiger partial charge in [0.2, 0.25) is 5.41 Å². The summed E-state index contributed by atoms with van der Waals surface area (Å²) in [5.74, 6) is -3.10. The first-order chi connectivity index (χ1) is 15.3. The summed E-state index contributed by atoms with van der Waals surface area (Å²) in [4.78, 5) is 23.6. The number of alkyl carbamates (subject to hydrolysis) is 1. The van der Waals surface area contributed by atoms with E-state index in [9.17, 15) is 35.9 Å². The summed E-state index contributed by atoms with van der Waals surface area (Å²) in [5, 5.41) is 10.4. The van der Waals surface area contributed by atoms with Crippen molar-refractivity contribution in [1.82, 2.24) is 5.32 Å². The average Bonchev–Trinajstić information content (AvgIpc) is 3.04.